The van der Waals surface area contributed by atoms with Crippen molar-refractivity contribution < 1.29 is 0 Å². The summed E-state index contributed by atoms with van der Waals surface area (Å²) < 4.78 is 0. The summed E-state index contributed by atoms with van der Waals surface area (Å²) in [6, 6.07) is 11.7. The number of nitrogens with zero attached hydrogens (tertiary/aromatic N) is 1. The third-order valence-corrected chi connectivity index (χ3v) is 3.28. The zero-order valence-corrected chi connectivity index (χ0v) is 11.8. The lowest BCUT2D eigenvalue weighted by Crippen LogP contribution is -2.15. The molecular weight excluding hydrogens is 281 g/mol. The van der Waals surface area contributed by atoms with E-state index < -0.39 is 0 Å². The third-order valence-electron chi connectivity index (χ3n) is 2.78. The Morgan fingerprint density at radius 1 is 1.21 bits per heavy atom. The van der Waals surface area contributed by atoms with Crippen molar-refractivity contribution in [3.05, 3.63) is 58.2 Å². The molecule has 1 atom stereocenters. The van der Waals surface area contributed by atoms with Gasteiger partial charge in [0.05, 0.1) is 10.0 Å². The van der Waals surface area contributed by atoms with E-state index in [4.69, 9.17) is 28.9 Å². The van der Waals surface area contributed by atoms with E-state index in [-0.39, 0.29) is 6.04 Å². The maximum atomic E-state index is 6.11. The number of hydrogen-bond acceptors (Lipinski definition) is 3. The van der Waals surface area contributed by atoms with Crippen molar-refractivity contribution in [2.45, 2.75) is 12.5 Å². The van der Waals surface area contributed by atoms with Crippen molar-refractivity contribution >= 4 is 29.0 Å². The van der Waals surface area contributed by atoms with Gasteiger partial charge < -0.3 is 11.1 Å². The second-order valence-corrected chi connectivity index (χ2v) is 5.06. The molecule has 5 heteroatoms. The van der Waals surface area contributed by atoms with Crippen molar-refractivity contribution in [2.75, 3.05) is 11.9 Å². The zero-order valence-electron chi connectivity index (χ0n) is 10.3. The van der Waals surface area contributed by atoms with Crippen LogP contribution in [0, 0.1) is 0 Å². The monoisotopic (exact) mass is 295 g/mol. The second kappa shape index (κ2) is 6.75. The van der Waals surface area contributed by atoms with Gasteiger partial charge in [-0.2, -0.15) is 0 Å². The Labute approximate surface area is 122 Å². The van der Waals surface area contributed by atoms with E-state index in [1.807, 2.05) is 30.3 Å². The summed E-state index contributed by atoms with van der Waals surface area (Å²) in [5.41, 5.74) is 7.23. The molecule has 3 N–H and O–H groups in total. The van der Waals surface area contributed by atoms with E-state index in [1.54, 1.807) is 12.3 Å². The van der Waals surface area contributed by atoms with Crippen molar-refractivity contribution in [3.63, 3.8) is 0 Å². The van der Waals surface area contributed by atoms with Gasteiger partial charge in [0.25, 0.3) is 0 Å². The van der Waals surface area contributed by atoms with Gasteiger partial charge in [-0.3, -0.25) is 0 Å². The summed E-state index contributed by atoms with van der Waals surface area (Å²) in [6.45, 7) is 0.699. The fourth-order valence-corrected chi connectivity index (χ4v) is 2.20. The van der Waals surface area contributed by atoms with Gasteiger partial charge in [0.15, 0.2) is 0 Å². The van der Waals surface area contributed by atoms with Crippen LogP contribution in [-0.4, -0.2) is 11.5 Å². The predicted octanol–water partition coefficient (Wildman–Crippen LogP) is 3.89. The molecule has 0 aliphatic heterocycles. The summed E-state index contributed by atoms with van der Waals surface area (Å²) in [7, 11) is 0. The van der Waals surface area contributed by atoms with Gasteiger partial charge in [0, 0.05) is 18.8 Å². The molecule has 1 heterocycles. The molecule has 0 fully saturated rings. The van der Waals surface area contributed by atoms with Gasteiger partial charge in [-0.25, -0.2) is 4.98 Å². The van der Waals surface area contributed by atoms with Crippen LogP contribution in [0.2, 0.25) is 10.0 Å². The van der Waals surface area contributed by atoms with Crippen molar-refractivity contribution in [2.24, 2.45) is 5.73 Å². The van der Waals surface area contributed by atoms with Crippen LogP contribution in [0.3, 0.4) is 0 Å². The number of rotatable bonds is 5. The number of anilines is 1. The molecule has 0 amide bonds. The first-order chi connectivity index (χ1) is 9.16. The molecule has 1 aromatic heterocycles. The highest BCUT2D eigenvalue weighted by Crippen LogP contribution is 2.22. The average Bonchev–Trinajstić information content (AvgIpc) is 2.42. The predicted molar refractivity (Wildman–Crippen MR) is 80.7 cm³/mol. The SMILES string of the molecule is NC(CCNc1ncc(Cl)cc1Cl)c1ccccc1. The van der Waals surface area contributed by atoms with Crippen LogP contribution >= 0.6 is 23.2 Å². The maximum Gasteiger partial charge on any atom is 0.144 e. The van der Waals surface area contributed by atoms with Gasteiger partial charge in [-0.1, -0.05) is 53.5 Å². The highest BCUT2D eigenvalue weighted by molar-refractivity contribution is 6.35. The largest absolute Gasteiger partial charge is 0.369 e. The summed E-state index contributed by atoms with van der Waals surface area (Å²) >= 11 is 11.8. The minimum absolute atomic E-state index is 0.000208. The highest BCUT2D eigenvalue weighted by atomic mass is 35.5. The smallest absolute Gasteiger partial charge is 0.144 e. The molecular formula is C14H15Cl2N3. The van der Waals surface area contributed by atoms with Crippen LogP contribution in [0.5, 0.6) is 0 Å². The van der Waals surface area contributed by atoms with E-state index in [9.17, 15) is 0 Å². The molecule has 0 saturated heterocycles. The van der Waals surface area contributed by atoms with E-state index in [0.29, 0.717) is 22.4 Å². The lowest BCUT2D eigenvalue weighted by atomic mass is 10.1. The van der Waals surface area contributed by atoms with Crippen molar-refractivity contribution in [1.29, 1.82) is 0 Å². The van der Waals surface area contributed by atoms with E-state index >= 15 is 0 Å². The Hall–Kier alpha value is -1.29. The van der Waals surface area contributed by atoms with Gasteiger partial charge >= 0.3 is 0 Å². The molecule has 0 spiro atoms. The summed E-state index contributed by atoms with van der Waals surface area (Å²) in [6.07, 6.45) is 2.36. The Balaban J connectivity index is 1.86. The first-order valence-corrected chi connectivity index (χ1v) is 6.78. The van der Waals surface area contributed by atoms with Gasteiger partial charge in [-0.05, 0) is 18.1 Å². The number of hydrogen-bond donors (Lipinski definition) is 2. The van der Waals surface area contributed by atoms with Crippen LogP contribution in [0.1, 0.15) is 18.0 Å². The molecule has 2 aromatic rings. The molecule has 3 nitrogen and oxygen atoms in total. The molecule has 100 valence electrons. The van der Waals surface area contributed by atoms with Crippen molar-refractivity contribution in [1.82, 2.24) is 4.98 Å². The number of nitrogens with two attached hydrogens (primary N) is 1. The lowest BCUT2D eigenvalue weighted by Gasteiger charge is -2.13. The maximum absolute atomic E-state index is 6.11. The minimum atomic E-state index is -0.000208. The molecule has 0 aliphatic carbocycles. The first-order valence-electron chi connectivity index (χ1n) is 6.02. The number of nitrogens with one attached hydrogen (secondary N) is 1. The Morgan fingerprint density at radius 3 is 2.63 bits per heavy atom. The standard InChI is InChI=1S/C14H15Cl2N3/c15-11-8-12(16)14(19-9-11)18-7-6-13(17)10-4-2-1-3-5-10/h1-5,8-9,13H,6-7,17H2,(H,18,19). The van der Waals surface area contributed by atoms with Gasteiger partial charge in [0.2, 0.25) is 0 Å². The molecule has 2 rings (SSSR count). The minimum Gasteiger partial charge on any atom is -0.369 e. The Morgan fingerprint density at radius 2 is 1.95 bits per heavy atom. The van der Waals surface area contributed by atoms with E-state index in [2.05, 4.69) is 10.3 Å². The van der Waals surface area contributed by atoms with Crippen LogP contribution < -0.4 is 11.1 Å². The lowest BCUT2D eigenvalue weighted by molar-refractivity contribution is 0.674. The van der Waals surface area contributed by atoms with Crippen molar-refractivity contribution in [3.8, 4) is 0 Å². The molecule has 0 radical (unpaired) electrons. The van der Waals surface area contributed by atoms with Crippen LogP contribution in [0.4, 0.5) is 5.82 Å². The first kappa shape index (κ1) is 14.1. The molecule has 1 aromatic carbocycles. The Bertz CT molecular complexity index is 531. The fourth-order valence-electron chi connectivity index (χ4n) is 1.76. The van der Waals surface area contributed by atoms with Crippen LogP contribution in [-0.2, 0) is 0 Å². The topological polar surface area (TPSA) is 50.9 Å². The zero-order chi connectivity index (χ0) is 13.7. The summed E-state index contributed by atoms with van der Waals surface area (Å²) in [5.74, 6) is 0.631. The van der Waals surface area contributed by atoms with E-state index in [1.165, 1.54) is 0 Å². The number of pyridine rings is 1. The van der Waals surface area contributed by atoms with E-state index in [0.717, 1.165) is 12.0 Å². The van der Waals surface area contributed by atoms with Crippen LogP contribution in [0.15, 0.2) is 42.6 Å². The Kier molecular flexibility index (Phi) is 5.02. The molecule has 1 unspecified atom stereocenters. The highest BCUT2D eigenvalue weighted by Gasteiger charge is 2.06. The molecule has 0 saturated carbocycles. The average molecular weight is 296 g/mol. The molecule has 19 heavy (non-hydrogen) atoms. The number of aromatic nitrogens is 1. The quantitative estimate of drug-likeness (QED) is 0.880. The molecule has 0 bridgehead atoms. The third kappa shape index (κ3) is 4.10. The number of halogens is 2. The second-order valence-electron chi connectivity index (χ2n) is 4.22. The van der Waals surface area contributed by atoms with Crippen LogP contribution in [0.25, 0.3) is 0 Å². The summed E-state index contributed by atoms with van der Waals surface area (Å²) in [5, 5.41) is 4.20. The molecule has 0 aliphatic rings. The van der Waals surface area contributed by atoms with Gasteiger partial charge in [0.1, 0.15) is 5.82 Å². The van der Waals surface area contributed by atoms with Gasteiger partial charge in [-0.15, -0.1) is 0 Å². The number of benzene rings is 1. The summed E-state index contributed by atoms with van der Waals surface area (Å²) in [4.78, 5) is 4.13. The normalized spacial score (nSPS) is 12.2. The fraction of sp³-hybridized carbons (Fsp3) is 0.214.